The standard InChI is InChI=1S/C15H22FNO2/c1-3-11(4-2)15(19)17-10-9-14(18)12-5-7-13(16)8-6-12/h5-8,11,14,18H,3-4,9-10H2,1-2H3,(H,17,19). The molecule has 0 aliphatic carbocycles. The highest BCUT2D eigenvalue weighted by molar-refractivity contribution is 5.78. The summed E-state index contributed by atoms with van der Waals surface area (Å²) in [6.07, 6.45) is 1.39. The number of hydrogen-bond donors (Lipinski definition) is 2. The Balaban J connectivity index is 2.36. The van der Waals surface area contributed by atoms with Crippen molar-refractivity contribution in [1.29, 1.82) is 0 Å². The van der Waals surface area contributed by atoms with E-state index < -0.39 is 6.10 Å². The van der Waals surface area contributed by atoms with Crippen LogP contribution in [0.4, 0.5) is 4.39 Å². The van der Waals surface area contributed by atoms with E-state index in [0.717, 1.165) is 12.8 Å². The van der Waals surface area contributed by atoms with Gasteiger partial charge in [0.25, 0.3) is 0 Å². The third-order valence-corrected chi connectivity index (χ3v) is 3.33. The average Bonchev–Trinajstić information content (AvgIpc) is 2.40. The largest absolute Gasteiger partial charge is 0.388 e. The maximum atomic E-state index is 12.7. The van der Waals surface area contributed by atoms with Crippen molar-refractivity contribution in [2.45, 2.75) is 39.2 Å². The summed E-state index contributed by atoms with van der Waals surface area (Å²) in [7, 11) is 0. The van der Waals surface area contributed by atoms with E-state index in [1.807, 2.05) is 13.8 Å². The van der Waals surface area contributed by atoms with Crippen molar-refractivity contribution in [3.8, 4) is 0 Å². The summed E-state index contributed by atoms with van der Waals surface area (Å²) < 4.78 is 12.7. The molecule has 0 aromatic heterocycles. The fraction of sp³-hybridized carbons (Fsp3) is 0.533. The highest BCUT2D eigenvalue weighted by Crippen LogP contribution is 2.16. The summed E-state index contributed by atoms with van der Waals surface area (Å²) in [6, 6.07) is 5.76. The fourth-order valence-electron chi connectivity index (χ4n) is 1.99. The Morgan fingerprint density at radius 1 is 1.26 bits per heavy atom. The molecule has 0 heterocycles. The first-order valence-electron chi connectivity index (χ1n) is 6.79. The maximum Gasteiger partial charge on any atom is 0.223 e. The van der Waals surface area contributed by atoms with Gasteiger partial charge in [0.15, 0.2) is 0 Å². The van der Waals surface area contributed by atoms with E-state index >= 15 is 0 Å². The fourth-order valence-corrected chi connectivity index (χ4v) is 1.99. The second-order valence-corrected chi connectivity index (χ2v) is 4.66. The van der Waals surface area contributed by atoms with Crippen LogP contribution in [0.2, 0.25) is 0 Å². The topological polar surface area (TPSA) is 49.3 Å². The Labute approximate surface area is 113 Å². The van der Waals surface area contributed by atoms with Crippen LogP contribution in [0.1, 0.15) is 44.8 Å². The molecule has 2 N–H and O–H groups in total. The van der Waals surface area contributed by atoms with Crippen LogP contribution < -0.4 is 5.32 Å². The lowest BCUT2D eigenvalue weighted by atomic mass is 10.0. The Bertz CT molecular complexity index is 388. The second-order valence-electron chi connectivity index (χ2n) is 4.66. The van der Waals surface area contributed by atoms with Gasteiger partial charge in [0.05, 0.1) is 6.10 Å². The van der Waals surface area contributed by atoms with Gasteiger partial charge in [0.1, 0.15) is 5.82 Å². The predicted octanol–water partition coefficient (Wildman–Crippen LogP) is 2.80. The van der Waals surface area contributed by atoms with Crippen LogP contribution in [0.25, 0.3) is 0 Å². The predicted molar refractivity (Wildman–Crippen MR) is 73.1 cm³/mol. The zero-order valence-electron chi connectivity index (χ0n) is 11.5. The van der Waals surface area contributed by atoms with Crippen LogP contribution in [0.5, 0.6) is 0 Å². The average molecular weight is 267 g/mol. The maximum absolute atomic E-state index is 12.7. The Morgan fingerprint density at radius 2 is 1.84 bits per heavy atom. The number of benzene rings is 1. The first-order valence-corrected chi connectivity index (χ1v) is 6.79. The van der Waals surface area contributed by atoms with Crippen molar-refractivity contribution >= 4 is 5.91 Å². The van der Waals surface area contributed by atoms with Gasteiger partial charge in [0.2, 0.25) is 5.91 Å². The molecule has 1 rings (SSSR count). The van der Waals surface area contributed by atoms with E-state index in [0.29, 0.717) is 18.5 Å². The minimum absolute atomic E-state index is 0.0382. The molecular formula is C15H22FNO2. The van der Waals surface area contributed by atoms with Crippen molar-refractivity contribution in [3.63, 3.8) is 0 Å². The van der Waals surface area contributed by atoms with Gasteiger partial charge in [-0.1, -0.05) is 26.0 Å². The van der Waals surface area contributed by atoms with E-state index in [9.17, 15) is 14.3 Å². The molecule has 0 fully saturated rings. The molecule has 4 heteroatoms. The molecule has 1 atom stereocenters. The van der Waals surface area contributed by atoms with E-state index in [2.05, 4.69) is 5.32 Å². The molecule has 0 aliphatic heterocycles. The van der Waals surface area contributed by atoms with Gasteiger partial charge in [0, 0.05) is 12.5 Å². The van der Waals surface area contributed by atoms with Gasteiger partial charge in [-0.25, -0.2) is 4.39 Å². The van der Waals surface area contributed by atoms with Crippen molar-refractivity contribution < 1.29 is 14.3 Å². The van der Waals surface area contributed by atoms with E-state index in [4.69, 9.17) is 0 Å². The minimum atomic E-state index is -0.678. The molecule has 1 aromatic carbocycles. The zero-order valence-corrected chi connectivity index (χ0v) is 11.5. The van der Waals surface area contributed by atoms with E-state index in [1.54, 1.807) is 12.1 Å². The normalized spacial score (nSPS) is 12.5. The highest BCUT2D eigenvalue weighted by Gasteiger charge is 2.14. The first-order chi connectivity index (χ1) is 9.08. The number of hydrogen-bond acceptors (Lipinski definition) is 2. The number of nitrogens with one attached hydrogen (secondary N) is 1. The summed E-state index contributed by atoms with van der Waals surface area (Å²) in [5.74, 6) is -0.239. The molecule has 1 unspecified atom stereocenters. The number of carbonyl (C=O) groups excluding carboxylic acids is 1. The van der Waals surface area contributed by atoms with Crippen molar-refractivity contribution in [2.24, 2.45) is 5.92 Å². The molecule has 0 aliphatic rings. The van der Waals surface area contributed by atoms with Crippen molar-refractivity contribution in [1.82, 2.24) is 5.32 Å². The van der Waals surface area contributed by atoms with Gasteiger partial charge in [-0.3, -0.25) is 4.79 Å². The summed E-state index contributed by atoms with van der Waals surface area (Å²) in [5.41, 5.74) is 0.665. The quantitative estimate of drug-likeness (QED) is 0.798. The minimum Gasteiger partial charge on any atom is -0.388 e. The molecule has 106 valence electrons. The van der Waals surface area contributed by atoms with Gasteiger partial charge in [-0.05, 0) is 37.0 Å². The summed E-state index contributed by atoms with van der Waals surface area (Å²) in [6.45, 7) is 4.40. The Hall–Kier alpha value is -1.42. The van der Waals surface area contributed by atoms with Crippen LogP contribution in [0.3, 0.4) is 0 Å². The molecule has 19 heavy (non-hydrogen) atoms. The zero-order chi connectivity index (χ0) is 14.3. The van der Waals surface area contributed by atoms with Crippen LogP contribution in [-0.4, -0.2) is 17.6 Å². The Kier molecular flexibility index (Phi) is 6.50. The van der Waals surface area contributed by atoms with Gasteiger partial charge < -0.3 is 10.4 Å². The third-order valence-electron chi connectivity index (χ3n) is 3.33. The smallest absolute Gasteiger partial charge is 0.223 e. The second kappa shape index (κ2) is 7.89. The van der Waals surface area contributed by atoms with Gasteiger partial charge in [-0.15, -0.1) is 0 Å². The van der Waals surface area contributed by atoms with Crippen molar-refractivity contribution in [3.05, 3.63) is 35.6 Å². The number of aliphatic hydroxyl groups is 1. The number of carbonyl (C=O) groups is 1. The third kappa shape index (κ3) is 4.99. The van der Waals surface area contributed by atoms with Crippen LogP contribution in [0.15, 0.2) is 24.3 Å². The highest BCUT2D eigenvalue weighted by atomic mass is 19.1. The van der Waals surface area contributed by atoms with Gasteiger partial charge in [-0.2, -0.15) is 0 Å². The van der Waals surface area contributed by atoms with Crippen molar-refractivity contribution in [2.75, 3.05) is 6.54 Å². The SMILES string of the molecule is CCC(CC)C(=O)NCCC(O)c1ccc(F)cc1. The first kappa shape index (κ1) is 15.6. The lowest BCUT2D eigenvalue weighted by molar-refractivity contribution is -0.125. The molecule has 0 saturated heterocycles. The Morgan fingerprint density at radius 3 is 2.37 bits per heavy atom. The van der Waals surface area contributed by atoms with E-state index in [1.165, 1.54) is 12.1 Å². The summed E-state index contributed by atoms with van der Waals surface area (Å²) in [4.78, 5) is 11.7. The molecular weight excluding hydrogens is 245 g/mol. The molecule has 1 amide bonds. The molecule has 0 spiro atoms. The van der Waals surface area contributed by atoms with Crippen LogP contribution in [-0.2, 0) is 4.79 Å². The number of rotatable bonds is 7. The summed E-state index contributed by atoms with van der Waals surface area (Å²) >= 11 is 0. The number of amides is 1. The molecule has 3 nitrogen and oxygen atoms in total. The van der Waals surface area contributed by atoms with Gasteiger partial charge >= 0.3 is 0 Å². The van der Waals surface area contributed by atoms with Crippen LogP contribution in [0, 0.1) is 11.7 Å². The number of halogens is 1. The lowest BCUT2D eigenvalue weighted by Gasteiger charge is -2.15. The number of aliphatic hydroxyl groups excluding tert-OH is 1. The molecule has 0 radical (unpaired) electrons. The molecule has 0 saturated carbocycles. The molecule has 0 bridgehead atoms. The monoisotopic (exact) mass is 267 g/mol. The summed E-state index contributed by atoms with van der Waals surface area (Å²) in [5, 5.41) is 12.7. The lowest BCUT2D eigenvalue weighted by Crippen LogP contribution is -2.31. The van der Waals surface area contributed by atoms with E-state index in [-0.39, 0.29) is 17.6 Å². The molecule has 1 aromatic rings. The van der Waals surface area contributed by atoms with Crippen LogP contribution >= 0.6 is 0 Å².